The lowest BCUT2D eigenvalue weighted by atomic mass is 10.0. The molecule has 11 heteroatoms. The number of thiazole rings is 1. The molecule has 1 unspecified atom stereocenters. The Labute approximate surface area is 168 Å². The van der Waals surface area contributed by atoms with Crippen molar-refractivity contribution in [2.75, 3.05) is 5.32 Å². The zero-order valence-electron chi connectivity index (χ0n) is 14.9. The summed E-state index contributed by atoms with van der Waals surface area (Å²) in [4.78, 5) is 66.5. The third-order valence-corrected chi connectivity index (χ3v) is 5.38. The Bertz CT molecular complexity index is 1040. The van der Waals surface area contributed by atoms with Crippen LogP contribution in [0.4, 0.5) is 10.5 Å². The van der Waals surface area contributed by atoms with Crippen LogP contribution < -0.4 is 16.0 Å². The van der Waals surface area contributed by atoms with Crippen molar-refractivity contribution < 1.29 is 24.0 Å². The number of hydrogen-bond donors (Lipinski definition) is 3. The first-order valence-electron chi connectivity index (χ1n) is 8.72. The van der Waals surface area contributed by atoms with Crippen molar-refractivity contribution in [3.63, 3.8) is 0 Å². The van der Waals surface area contributed by atoms with E-state index in [-0.39, 0.29) is 24.0 Å². The van der Waals surface area contributed by atoms with E-state index in [9.17, 15) is 24.0 Å². The van der Waals surface area contributed by atoms with E-state index in [2.05, 4.69) is 20.9 Å². The smallest absolute Gasteiger partial charge is 0.319 e. The number of benzene rings is 1. The van der Waals surface area contributed by atoms with Gasteiger partial charge < -0.3 is 10.6 Å². The summed E-state index contributed by atoms with van der Waals surface area (Å²) in [6.07, 6.45) is 1.78. The maximum absolute atomic E-state index is 12.8. The van der Waals surface area contributed by atoms with Gasteiger partial charge in [0, 0.05) is 23.2 Å². The number of urea groups is 1. The van der Waals surface area contributed by atoms with Crippen molar-refractivity contribution >= 4 is 46.7 Å². The summed E-state index contributed by atoms with van der Waals surface area (Å²) < 4.78 is 0. The van der Waals surface area contributed by atoms with Gasteiger partial charge in [0.25, 0.3) is 11.8 Å². The van der Waals surface area contributed by atoms with Gasteiger partial charge in [0.2, 0.25) is 11.8 Å². The highest BCUT2D eigenvalue weighted by molar-refractivity contribution is 7.09. The van der Waals surface area contributed by atoms with E-state index in [1.165, 1.54) is 29.5 Å². The summed E-state index contributed by atoms with van der Waals surface area (Å²) >= 11 is 1.41. The second kappa shape index (κ2) is 7.43. The molecular weight excluding hydrogens is 398 g/mol. The Morgan fingerprint density at radius 2 is 2.00 bits per heavy atom. The number of imide groups is 2. The number of anilines is 1. The molecule has 1 saturated heterocycles. The summed E-state index contributed by atoms with van der Waals surface area (Å²) in [6.45, 7) is 0.308. The van der Waals surface area contributed by atoms with E-state index in [4.69, 9.17) is 0 Å². The highest BCUT2D eigenvalue weighted by atomic mass is 32.1. The normalized spacial score (nSPS) is 18.5. The third-order valence-electron chi connectivity index (χ3n) is 4.60. The Balaban J connectivity index is 1.47. The summed E-state index contributed by atoms with van der Waals surface area (Å²) in [5.41, 5.74) is 2.24. The minimum atomic E-state index is -1.03. The molecule has 1 fully saturated rings. The van der Waals surface area contributed by atoms with Crippen LogP contribution in [0.2, 0.25) is 0 Å². The van der Waals surface area contributed by atoms with Gasteiger partial charge in [0.05, 0.1) is 23.2 Å². The lowest BCUT2D eigenvalue weighted by molar-refractivity contribution is -0.136. The lowest BCUT2D eigenvalue weighted by Crippen LogP contribution is -2.54. The number of amides is 6. The first-order valence-corrected chi connectivity index (χ1v) is 9.60. The fraction of sp³-hybridized carbons (Fsp3) is 0.222. The molecule has 2 aliphatic heterocycles. The van der Waals surface area contributed by atoms with Crippen LogP contribution in [0.25, 0.3) is 0 Å². The van der Waals surface area contributed by atoms with E-state index in [0.29, 0.717) is 12.2 Å². The summed E-state index contributed by atoms with van der Waals surface area (Å²) in [5, 5.41) is 7.42. The molecule has 3 N–H and O–H groups in total. The standard InChI is InChI=1S/C18H15N5O5S/c24-14-4-3-13(15(25)22-14)23-16(26)11-2-1-9(5-12(11)17(23)27)21-18(28)20-7-10-6-19-8-29-10/h1-2,5-6,8,13H,3-4,7H2,(H2,20,21,28)(H,22,24,25). The largest absolute Gasteiger partial charge is 0.333 e. The molecule has 148 valence electrons. The molecule has 2 aromatic rings. The number of hydrogen-bond acceptors (Lipinski definition) is 7. The Kier molecular flexibility index (Phi) is 4.80. The third kappa shape index (κ3) is 3.59. The minimum absolute atomic E-state index is 0.0521. The molecule has 1 atom stereocenters. The molecule has 0 saturated carbocycles. The van der Waals surface area contributed by atoms with Crippen molar-refractivity contribution in [1.82, 2.24) is 20.5 Å². The van der Waals surface area contributed by atoms with Gasteiger partial charge in [-0.2, -0.15) is 0 Å². The molecule has 0 radical (unpaired) electrons. The molecule has 4 rings (SSSR count). The molecule has 6 amide bonds. The van der Waals surface area contributed by atoms with E-state index < -0.39 is 35.7 Å². The number of piperidine rings is 1. The molecule has 29 heavy (non-hydrogen) atoms. The Morgan fingerprint density at radius 3 is 2.72 bits per heavy atom. The SMILES string of the molecule is O=C1CCC(N2C(=O)c3ccc(NC(=O)NCc4cncs4)cc3C2=O)C(=O)N1. The number of fused-ring (bicyclic) bond motifs is 1. The molecule has 1 aromatic carbocycles. The van der Waals surface area contributed by atoms with Gasteiger partial charge in [-0.1, -0.05) is 0 Å². The number of carbonyl (C=O) groups excluding carboxylic acids is 5. The van der Waals surface area contributed by atoms with Crippen LogP contribution in [0.1, 0.15) is 38.4 Å². The molecule has 1 aromatic heterocycles. The van der Waals surface area contributed by atoms with E-state index in [0.717, 1.165) is 9.78 Å². The highest BCUT2D eigenvalue weighted by Gasteiger charge is 2.44. The van der Waals surface area contributed by atoms with Crippen LogP contribution in [0.5, 0.6) is 0 Å². The van der Waals surface area contributed by atoms with Gasteiger partial charge in [-0.05, 0) is 24.6 Å². The minimum Gasteiger partial charge on any atom is -0.333 e. The van der Waals surface area contributed by atoms with E-state index in [1.807, 2.05) is 0 Å². The average Bonchev–Trinajstić information content (AvgIpc) is 3.29. The van der Waals surface area contributed by atoms with Crippen LogP contribution in [0, 0.1) is 0 Å². The summed E-state index contributed by atoms with van der Waals surface area (Å²) in [5.74, 6) is -2.33. The van der Waals surface area contributed by atoms with Gasteiger partial charge in [-0.3, -0.25) is 34.4 Å². The maximum atomic E-state index is 12.8. The van der Waals surface area contributed by atoms with E-state index >= 15 is 0 Å². The van der Waals surface area contributed by atoms with Gasteiger partial charge >= 0.3 is 6.03 Å². The predicted molar refractivity (Wildman–Crippen MR) is 101 cm³/mol. The van der Waals surface area contributed by atoms with Crippen LogP contribution in [-0.4, -0.2) is 45.6 Å². The quantitative estimate of drug-likeness (QED) is 0.636. The number of nitrogens with one attached hydrogen (secondary N) is 3. The van der Waals surface area contributed by atoms with Crippen LogP contribution in [0.3, 0.4) is 0 Å². The second-order valence-corrected chi connectivity index (χ2v) is 7.45. The zero-order chi connectivity index (χ0) is 20.5. The van der Waals surface area contributed by atoms with Crippen molar-refractivity contribution in [3.05, 3.63) is 45.9 Å². The average molecular weight is 413 g/mol. The zero-order valence-corrected chi connectivity index (χ0v) is 15.7. The maximum Gasteiger partial charge on any atom is 0.319 e. The predicted octanol–water partition coefficient (Wildman–Crippen LogP) is 0.866. The number of nitrogens with zero attached hydrogens (tertiary/aromatic N) is 2. The lowest BCUT2D eigenvalue weighted by Gasteiger charge is -2.27. The molecule has 0 spiro atoms. The summed E-state index contributed by atoms with van der Waals surface area (Å²) in [6, 6.07) is 2.83. The van der Waals surface area contributed by atoms with Crippen LogP contribution in [-0.2, 0) is 16.1 Å². The molecule has 2 aliphatic rings. The topological polar surface area (TPSA) is 138 Å². The van der Waals surface area contributed by atoms with Gasteiger partial charge in [-0.15, -0.1) is 11.3 Å². The van der Waals surface area contributed by atoms with E-state index in [1.54, 1.807) is 11.7 Å². The van der Waals surface area contributed by atoms with Gasteiger partial charge in [-0.25, -0.2) is 4.79 Å². The van der Waals surface area contributed by atoms with Crippen molar-refractivity contribution in [3.8, 4) is 0 Å². The van der Waals surface area contributed by atoms with Gasteiger partial charge in [0.1, 0.15) is 6.04 Å². The molecular formula is C18H15N5O5S. The number of aromatic nitrogens is 1. The van der Waals surface area contributed by atoms with Crippen molar-refractivity contribution in [2.24, 2.45) is 0 Å². The Hall–Kier alpha value is -3.60. The fourth-order valence-corrected chi connectivity index (χ4v) is 3.76. The first kappa shape index (κ1) is 18.7. The van der Waals surface area contributed by atoms with Gasteiger partial charge in [0.15, 0.2) is 0 Å². The number of rotatable bonds is 4. The molecule has 10 nitrogen and oxygen atoms in total. The van der Waals surface area contributed by atoms with Crippen LogP contribution in [0.15, 0.2) is 29.9 Å². The molecule has 0 aliphatic carbocycles. The number of carbonyl (C=O) groups is 5. The fourth-order valence-electron chi connectivity index (χ4n) is 3.22. The monoisotopic (exact) mass is 413 g/mol. The van der Waals surface area contributed by atoms with Crippen molar-refractivity contribution in [1.29, 1.82) is 0 Å². The first-order chi connectivity index (χ1) is 13.9. The van der Waals surface area contributed by atoms with Crippen molar-refractivity contribution in [2.45, 2.75) is 25.4 Å². The highest BCUT2D eigenvalue weighted by Crippen LogP contribution is 2.29. The Morgan fingerprint density at radius 1 is 1.21 bits per heavy atom. The molecule has 0 bridgehead atoms. The van der Waals surface area contributed by atoms with Crippen LogP contribution >= 0.6 is 11.3 Å². The second-order valence-electron chi connectivity index (χ2n) is 6.48. The molecule has 3 heterocycles. The summed E-state index contributed by atoms with van der Waals surface area (Å²) in [7, 11) is 0.